The maximum absolute atomic E-state index is 12.9. The highest BCUT2D eigenvalue weighted by molar-refractivity contribution is 9.10. The van der Waals surface area contributed by atoms with Crippen molar-refractivity contribution in [1.29, 1.82) is 0 Å². The van der Waals surface area contributed by atoms with Gasteiger partial charge in [0, 0.05) is 16.2 Å². The van der Waals surface area contributed by atoms with E-state index in [0.717, 1.165) is 27.0 Å². The van der Waals surface area contributed by atoms with Crippen molar-refractivity contribution in [2.45, 2.75) is 33.9 Å². The van der Waals surface area contributed by atoms with Crippen LogP contribution in [0.5, 0.6) is 5.75 Å². The van der Waals surface area contributed by atoms with Crippen molar-refractivity contribution < 1.29 is 14.1 Å². The summed E-state index contributed by atoms with van der Waals surface area (Å²) in [5, 5.41) is 11.3. The van der Waals surface area contributed by atoms with Gasteiger partial charge >= 0.3 is 0 Å². The fourth-order valence-electron chi connectivity index (χ4n) is 3.27. The van der Waals surface area contributed by atoms with Crippen LogP contribution in [0.25, 0.3) is 0 Å². The number of aryl methyl sites for hydroxylation is 3. The monoisotopic (exact) mass is 494 g/mol. The number of halogens is 1. The maximum atomic E-state index is 12.9. The van der Waals surface area contributed by atoms with E-state index in [1.807, 2.05) is 73.1 Å². The van der Waals surface area contributed by atoms with E-state index in [0.29, 0.717) is 23.7 Å². The molecule has 2 aromatic heterocycles. The van der Waals surface area contributed by atoms with Crippen LogP contribution in [0, 0.1) is 20.8 Å². The second kappa shape index (κ2) is 9.40. The van der Waals surface area contributed by atoms with Gasteiger partial charge in [0.2, 0.25) is 0 Å². The molecule has 0 saturated carbocycles. The molecule has 32 heavy (non-hydrogen) atoms. The fraction of sp³-hybridized carbons (Fsp3) is 0.208. The number of amides is 1. The molecular formula is C24H23BrN4O3. The number of aromatic nitrogens is 3. The summed E-state index contributed by atoms with van der Waals surface area (Å²) in [5.74, 6) is 1.33. The Hall–Kier alpha value is -3.39. The molecular weight excluding hydrogens is 472 g/mol. The first-order valence-electron chi connectivity index (χ1n) is 10.1. The molecule has 1 N–H and O–H groups in total. The summed E-state index contributed by atoms with van der Waals surface area (Å²) in [5.41, 5.74) is 3.93. The average molecular weight is 495 g/mol. The van der Waals surface area contributed by atoms with Gasteiger partial charge in [-0.25, -0.2) is 0 Å². The van der Waals surface area contributed by atoms with E-state index < -0.39 is 5.91 Å². The van der Waals surface area contributed by atoms with Gasteiger partial charge in [-0.3, -0.25) is 9.48 Å². The Labute approximate surface area is 194 Å². The number of anilines is 1. The second-order valence-corrected chi connectivity index (χ2v) is 8.50. The van der Waals surface area contributed by atoms with Crippen LogP contribution in [0.2, 0.25) is 0 Å². The van der Waals surface area contributed by atoms with Gasteiger partial charge in [-0.05, 0) is 56.2 Å². The van der Waals surface area contributed by atoms with Crippen LogP contribution in [-0.2, 0) is 13.2 Å². The largest absolute Gasteiger partial charge is 0.489 e. The number of hydrogen-bond acceptors (Lipinski definition) is 5. The van der Waals surface area contributed by atoms with Crippen LogP contribution in [0.3, 0.4) is 0 Å². The van der Waals surface area contributed by atoms with Crippen molar-refractivity contribution in [2.24, 2.45) is 0 Å². The van der Waals surface area contributed by atoms with Crippen LogP contribution >= 0.6 is 15.9 Å². The zero-order chi connectivity index (χ0) is 22.7. The van der Waals surface area contributed by atoms with Crippen molar-refractivity contribution in [3.05, 3.63) is 92.9 Å². The minimum absolute atomic E-state index is 0.179. The van der Waals surface area contributed by atoms with Crippen LogP contribution in [0.1, 0.15) is 38.6 Å². The maximum Gasteiger partial charge on any atom is 0.279 e. The van der Waals surface area contributed by atoms with E-state index in [1.165, 1.54) is 0 Å². The van der Waals surface area contributed by atoms with E-state index in [4.69, 9.17) is 9.26 Å². The minimum Gasteiger partial charge on any atom is -0.489 e. The van der Waals surface area contributed by atoms with Gasteiger partial charge in [-0.1, -0.05) is 45.4 Å². The van der Waals surface area contributed by atoms with Crippen LogP contribution in [0.4, 0.5) is 5.82 Å². The Morgan fingerprint density at radius 2 is 1.91 bits per heavy atom. The number of ether oxygens (including phenoxy) is 1. The van der Waals surface area contributed by atoms with Crippen molar-refractivity contribution in [3.8, 4) is 5.75 Å². The number of carbonyl (C=O) groups is 1. The quantitative estimate of drug-likeness (QED) is 0.369. The van der Waals surface area contributed by atoms with Crippen molar-refractivity contribution in [2.75, 3.05) is 5.32 Å². The van der Waals surface area contributed by atoms with E-state index in [9.17, 15) is 4.79 Å². The van der Waals surface area contributed by atoms with E-state index in [-0.39, 0.29) is 12.3 Å². The van der Waals surface area contributed by atoms with Gasteiger partial charge in [-0.2, -0.15) is 5.10 Å². The predicted octanol–water partition coefficient (Wildman–Crippen LogP) is 5.44. The first-order valence-corrected chi connectivity index (χ1v) is 10.9. The highest BCUT2D eigenvalue weighted by Gasteiger charge is 2.21. The van der Waals surface area contributed by atoms with Gasteiger partial charge < -0.3 is 14.6 Å². The molecule has 0 aliphatic carbocycles. The smallest absolute Gasteiger partial charge is 0.279 e. The standard InChI is InChI=1S/C24H23BrN4O3/c1-15-5-4-6-20(11-15)31-14-21-17(3)32-28-23(21)24(30)26-22-12-16(2)29(27-22)13-18-7-9-19(25)10-8-18/h4-12H,13-14H2,1-3H3,(H,26,27,30). The first-order chi connectivity index (χ1) is 15.4. The molecule has 0 aliphatic rings. The van der Waals surface area contributed by atoms with Crippen LogP contribution < -0.4 is 10.1 Å². The van der Waals surface area contributed by atoms with Crippen molar-refractivity contribution in [3.63, 3.8) is 0 Å². The van der Waals surface area contributed by atoms with E-state index in [1.54, 1.807) is 6.92 Å². The Morgan fingerprint density at radius 3 is 2.66 bits per heavy atom. The zero-order valence-corrected chi connectivity index (χ0v) is 19.6. The van der Waals surface area contributed by atoms with Crippen LogP contribution in [0.15, 0.2) is 63.6 Å². The summed E-state index contributed by atoms with van der Waals surface area (Å²) in [6, 6.07) is 17.6. The van der Waals surface area contributed by atoms with Crippen LogP contribution in [-0.4, -0.2) is 20.8 Å². The van der Waals surface area contributed by atoms with Gasteiger partial charge in [-0.15, -0.1) is 0 Å². The lowest BCUT2D eigenvalue weighted by atomic mass is 10.2. The number of carbonyl (C=O) groups excluding carboxylic acids is 1. The Kier molecular flexibility index (Phi) is 6.41. The summed E-state index contributed by atoms with van der Waals surface area (Å²) >= 11 is 3.44. The third-order valence-electron chi connectivity index (χ3n) is 5.04. The molecule has 4 rings (SSSR count). The summed E-state index contributed by atoms with van der Waals surface area (Å²) in [4.78, 5) is 12.9. The van der Waals surface area contributed by atoms with E-state index >= 15 is 0 Å². The molecule has 0 unspecified atom stereocenters. The number of nitrogens with one attached hydrogen (secondary N) is 1. The molecule has 0 bridgehead atoms. The van der Waals surface area contributed by atoms with Gasteiger partial charge in [0.15, 0.2) is 11.5 Å². The molecule has 8 heteroatoms. The number of hydrogen-bond donors (Lipinski definition) is 1. The zero-order valence-electron chi connectivity index (χ0n) is 18.1. The highest BCUT2D eigenvalue weighted by Crippen LogP contribution is 2.20. The first kappa shape index (κ1) is 21.8. The average Bonchev–Trinajstić information content (AvgIpc) is 3.30. The molecule has 0 spiro atoms. The lowest BCUT2D eigenvalue weighted by Crippen LogP contribution is -2.16. The molecule has 164 valence electrons. The minimum atomic E-state index is -0.391. The number of nitrogens with zero attached hydrogens (tertiary/aromatic N) is 3. The lowest BCUT2D eigenvalue weighted by molar-refractivity contribution is 0.101. The molecule has 1 amide bonds. The molecule has 4 aromatic rings. The molecule has 2 heterocycles. The Morgan fingerprint density at radius 1 is 1.12 bits per heavy atom. The van der Waals surface area contributed by atoms with Crippen molar-refractivity contribution in [1.82, 2.24) is 14.9 Å². The molecule has 0 fully saturated rings. The number of benzene rings is 2. The normalized spacial score (nSPS) is 10.9. The molecule has 7 nitrogen and oxygen atoms in total. The van der Waals surface area contributed by atoms with Crippen molar-refractivity contribution >= 4 is 27.7 Å². The summed E-state index contributed by atoms with van der Waals surface area (Å²) in [6.07, 6.45) is 0. The fourth-order valence-corrected chi connectivity index (χ4v) is 3.53. The molecule has 0 aliphatic heterocycles. The second-order valence-electron chi connectivity index (χ2n) is 7.58. The highest BCUT2D eigenvalue weighted by atomic mass is 79.9. The third kappa shape index (κ3) is 5.08. The molecule has 2 aromatic carbocycles. The summed E-state index contributed by atoms with van der Waals surface area (Å²) < 4.78 is 14.0. The SMILES string of the molecule is Cc1cccc(OCc2c(C(=O)Nc3cc(C)n(Cc4ccc(Br)cc4)n3)noc2C)c1. The molecule has 0 radical (unpaired) electrons. The van der Waals surface area contributed by atoms with Gasteiger partial charge in [0.25, 0.3) is 5.91 Å². The lowest BCUT2D eigenvalue weighted by Gasteiger charge is -2.07. The molecule has 0 saturated heterocycles. The Balaban J connectivity index is 1.46. The summed E-state index contributed by atoms with van der Waals surface area (Å²) in [6.45, 7) is 6.49. The summed E-state index contributed by atoms with van der Waals surface area (Å²) in [7, 11) is 0. The van der Waals surface area contributed by atoms with E-state index in [2.05, 4.69) is 31.5 Å². The third-order valence-corrected chi connectivity index (χ3v) is 5.57. The Bertz CT molecular complexity index is 1240. The topological polar surface area (TPSA) is 82.2 Å². The predicted molar refractivity (Wildman–Crippen MR) is 125 cm³/mol. The number of rotatable bonds is 7. The molecule has 0 atom stereocenters. The van der Waals surface area contributed by atoms with Gasteiger partial charge in [0.1, 0.15) is 18.1 Å². The van der Waals surface area contributed by atoms with Gasteiger partial charge in [0.05, 0.1) is 12.1 Å².